The van der Waals surface area contributed by atoms with Crippen LogP contribution in [0.3, 0.4) is 0 Å². The summed E-state index contributed by atoms with van der Waals surface area (Å²) in [5.74, 6) is -0.303. The van der Waals surface area contributed by atoms with E-state index in [1.165, 1.54) is 0 Å². The van der Waals surface area contributed by atoms with E-state index in [4.69, 9.17) is 0 Å². The fraction of sp³-hybridized carbons (Fsp3) is 0.158. The Morgan fingerprint density at radius 1 is 1.12 bits per heavy atom. The van der Waals surface area contributed by atoms with Crippen molar-refractivity contribution in [3.8, 4) is 5.69 Å². The van der Waals surface area contributed by atoms with Crippen molar-refractivity contribution in [2.75, 3.05) is 6.54 Å². The molecule has 1 aromatic heterocycles. The van der Waals surface area contributed by atoms with Crippen LogP contribution in [0.2, 0.25) is 0 Å². The van der Waals surface area contributed by atoms with Gasteiger partial charge >= 0.3 is 0 Å². The number of aliphatic hydroxyl groups excluding tert-OH is 1. The number of aliphatic hydroxyl groups is 1. The monoisotopic (exact) mass is 321 g/mol. The molecule has 5 nitrogen and oxygen atoms in total. The Morgan fingerprint density at radius 2 is 1.75 bits per heavy atom. The lowest BCUT2D eigenvalue weighted by atomic mass is 10.1. The second-order valence-corrected chi connectivity index (χ2v) is 5.55. The Bertz CT molecular complexity index is 813. The van der Waals surface area contributed by atoms with Crippen molar-refractivity contribution in [1.29, 1.82) is 0 Å². The Balaban J connectivity index is 1.68. The number of carbonyl (C=O) groups is 1. The molecule has 24 heavy (non-hydrogen) atoms. The third-order valence-corrected chi connectivity index (χ3v) is 3.76. The van der Waals surface area contributed by atoms with Gasteiger partial charge in [-0.1, -0.05) is 48.5 Å². The smallest absolute Gasteiger partial charge is 0.271 e. The zero-order valence-corrected chi connectivity index (χ0v) is 13.4. The molecule has 2 aromatic carbocycles. The minimum absolute atomic E-state index is 0.139. The summed E-state index contributed by atoms with van der Waals surface area (Å²) in [6.07, 6.45) is -0.743. The van der Waals surface area contributed by atoms with Crippen molar-refractivity contribution >= 4 is 5.91 Å². The van der Waals surface area contributed by atoms with Gasteiger partial charge in [0.15, 0.2) is 5.69 Å². The summed E-state index contributed by atoms with van der Waals surface area (Å²) >= 11 is 0. The number of hydrogen-bond acceptors (Lipinski definition) is 3. The van der Waals surface area contributed by atoms with E-state index in [2.05, 4.69) is 10.4 Å². The number of carbonyl (C=O) groups excluding carboxylic acids is 1. The van der Waals surface area contributed by atoms with Gasteiger partial charge in [0.25, 0.3) is 5.91 Å². The summed E-state index contributed by atoms with van der Waals surface area (Å²) in [7, 11) is 0. The van der Waals surface area contributed by atoms with Crippen LogP contribution in [0.25, 0.3) is 5.69 Å². The van der Waals surface area contributed by atoms with Gasteiger partial charge in [0, 0.05) is 12.2 Å². The number of para-hydroxylation sites is 1. The molecule has 3 rings (SSSR count). The summed E-state index contributed by atoms with van der Waals surface area (Å²) in [4.78, 5) is 12.3. The zero-order valence-electron chi connectivity index (χ0n) is 13.4. The molecule has 0 bridgehead atoms. The Kier molecular flexibility index (Phi) is 4.72. The number of aryl methyl sites for hydroxylation is 1. The molecule has 0 fully saturated rings. The molecule has 0 aliphatic carbocycles. The normalized spacial score (nSPS) is 11.9. The van der Waals surface area contributed by atoms with E-state index in [9.17, 15) is 9.90 Å². The van der Waals surface area contributed by atoms with Gasteiger partial charge in [-0.05, 0) is 30.7 Å². The maximum absolute atomic E-state index is 12.3. The lowest BCUT2D eigenvalue weighted by molar-refractivity contribution is 0.0911. The fourth-order valence-electron chi connectivity index (χ4n) is 2.49. The molecule has 1 heterocycles. The van der Waals surface area contributed by atoms with Crippen LogP contribution in [0.15, 0.2) is 66.7 Å². The maximum atomic E-state index is 12.3. The molecule has 0 aliphatic rings. The van der Waals surface area contributed by atoms with Crippen LogP contribution in [0.4, 0.5) is 0 Å². The predicted octanol–water partition coefficient (Wildman–Crippen LogP) is 2.64. The highest BCUT2D eigenvalue weighted by molar-refractivity contribution is 5.92. The molecule has 3 aromatic rings. The zero-order chi connectivity index (χ0) is 16.9. The third-order valence-electron chi connectivity index (χ3n) is 3.76. The summed E-state index contributed by atoms with van der Waals surface area (Å²) in [5.41, 5.74) is 2.87. The van der Waals surface area contributed by atoms with Crippen LogP contribution in [0.5, 0.6) is 0 Å². The van der Waals surface area contributed by atoms with Crippen LogP contribution in [-0.4, -0.2) is 27.3 Å². The number of nitrogens with one attached hydrogen (secondary N) is 1. The van der Waals surface area contributed by atoms with Gasteiger partial charge in [0.1, 0.15) is 0 Å². The Morgan fingerprint density at radius 3 is 2.42 bits per heavy atom. The Hall–Kier alpha value is -2.92. The highest BCUT2D eigenvalue weighted by atomic mass is 16.3. The first kappa shape index (κ1) is 16.0. The van der Waals surface area contributed by atoms with Crippen molar-refractivity contribution in [3.05, 3.63) is 83.7 Å². The van der Waals surface area contributed by atoms with E-state index in [0.29, 0.717) is 5.69 Å². The molecule has 0 radical (unpaired) electrons. The molecule has 5 heteroatoms. The highest BCUT2D eigenvalue weighted by Crippen LogP contribution is 2.13. The van der Waals surface area contributed by atoms with Gasteiger partial charge in [-0.15, -0.1) is 0 Å². The van der Waals surface area contributed by atoms with Crippen LogP contribution in [0.1, 0.15) is 27.8 Å². The largest absolute Gasteiger partial charge is 0.387 e. The van der Waals surface area contributed by atoms with Crippen LogP contribution >= 0.6 is 0 Å². The summed E-state index contributed by atoms with van der Waals surface area (Å²) in [5, 5.41) is 17.2. The first-order chi connectivity index (χ1) is 11.6. The molecule has 0 spiro atoms. The van der Waals surface area contributed by atoms with E-state index >= 15 is 0 Å². The third kappa shape index (κ3) is 3.52. The average molecular weight is 321 g/mol. The quantitative estimate of drug-likeness (QED) is 0.759. The van der Waals surface area contributed by atoms with Gasteiger partial charge in [-0.25, -0.2) is 4.68 Å². The lowest BCUT2D eigenvalue weighted by Crippen LogP contribution is -2.28. The maximum Gasteiger partial charge on any atom is 0.271 e. The minimum Gasteiger partial charge on any atom is -0.387 e. The lowest BCUT2D eigenvalue weighted by Gasteiger charge is -2.11. The number of nitrogens with zero attached hydrogens (tertiary/aromatic N) is 2. The second kappa shape index (κ2) is 7.10. The van der Waals surface area contributed by atoms with Crippen molar-refractivity contribution < 1.29 is 9.90 Å². The second-order valence-electron chi connectivity index (χ2n) is 5.55. The molecule has 0 unspecified atom stereocenters. The number of hydrogen-bond donors (Lipinski definition) is 2. The molecule has 0 saturated heterocycles. The predicted molar refractivity (Wildman–Crippen MR) is 92.0 cm³/mol. The summed E-state index contributed by atoms with van der Waals surface area (Å²) in [6, 6.07) is 20.6. The van der Waals surface area contributed by atoms with Gasteiger partial charge in [-0.2, -0.15) is 5.10 Å². The van der Waals surface area contributed by atoms with Gasteiger partial charge in [-0.3, -0.25) is 4.79 Å². The van der Waals surface area contributed by atoms with Gasteiger partial charge in [0.2, 0.25) is 0 Å². The van der Waals surface area contributed by atoms with Gasteiger partial charge < -0.3 is 10.4 Å². The molecule has 122 valence electrons. The van der Waals surface area contributed by atoms with Gasteiger partial charge in [0.05, 0.1) is 11.8 Å². The van der Waals surface area contributed by atoms with Crippen molar-refractivity contribution in [3.63, 3.8) is 0 Å². The van der Waals surface area contributed by atoms with E-state index in [0.717, 1.165) is 16.9 Å². The molecular formula is C19H19N3O2. The highest BCUT2D eigenvalue weighted by Gasteiger charge is 2.15. The molecular weight excluding hydrogens is 302 g/mol. The number of benzene rings is 2. The number of rotatable bonds is 5. The van der Waals surface area contributed by atoms with E-state index in [-0.39, 0.29) is 12.5 Å². The van der Waals surface area contributed by atoms with Crippen LogP contribution in [-0.2, 0) is 0 Å². The molecule has 1 amide bonds. The molecule has 2 N–H and O–H groups in total. The average Bonchev–Trinajstić information content (AvgIpc) is 3.02. The van der Waals surface area contributed by atoms with Crippen LogP contribution < -0.4 is 5.32 Å². The van der Waals surface area contributed by atoms with E-state index < -0.39 is 6.10 Å². The SMILES string of the molecule is Cc1cc(C(=O)NC[C@@H](O)c2ccccc2)nn1-c1ccccc1. The summed E-state index contributed by atoms with van der Waals surface area (Å²) in [6.45, 7) is 2.04. The van der Waals surface area contributed by atoms with Crippen LogP contribution in [0, 0.1) is 6.92 Å². The Labute approximate surface area is 140 Å². The molecule has 0 saturated carbocycles. The topological polar surface area (TPSA) is 67.2 Å². The standard InChI is InChI=1S/C19H19N3O2/c1-14-12-17(21-22(14)16-10-6-3-7-11-16)19(24)20-13-18(23)15-8-4-2-5-9-15/h2-12,18,23H,13H2,1H3,(H,20,24)/t18-/m1/s1. The first-order valence-electron chi connectivity index (χ1n) is 7.78. The number of aromatic nitrogens is 2. The first-order valence-corrected chi connectivity index (χ1v) is 7.78. The summed E-state index contributed by atoms with van der Waals surface area (Å²) < 4.78 is 1.72. The van der Waals surface area contributed by atoms with Crippen molar-refractivity contribution in [1.82, 2.24) is 15.1 Å². The fourth-order valence-corrected chi connectivity index (χ4v) is 2.49. The minimum atomic E-state index is -0.743. The van der Waals surface area contributed by atoms with Crippen molar-refractivity contribution in [2.24, 2.45) is 0 Å². The van der Waals surface area contributed by atoms with E-state index in [1.54, 1.807) is 10.7 Å². The van der Waals surface area contributed by atoms with E-state index in [1.807, 2.05) is 67.6 Å². The molecule has 0 aliphatic heterocycles. The number of amides is 1. The van der Waals surface area contributed by atoms with Crippen molar-refractivity contribution in [2.45, 2.75) is 13.0 Å². The molecule has 1 atom stereocenters.